The minimum atomic E-state index is -0.379. The van der Waals surface area contributed by atoms with Crippen LogP contribution >= 0.6 is 0 Å². The molecule has 0 radical (unpaired) electrons. The molecular weight excluding hydrogens is 330 g/mol. The Hall–Kier alpha value is -2.63. The average Bonchev–Trinajstić information content (AvgIpc) is 2.87. The lowest BCUT2D eigenvalue weighted by atomic mass is 9.86. The van der Waals surface area contributed by atoms with E-state index in [1.165, 1.54) is 0 Å². The van der Waals surface area contributed by atoms with Gasteiger partial charge in [0.05, 0.1) is 23.0 Å². The summed E-state index contributed by atoms with van der Waals surface area (Å²) in [6.07, 6.45) is 0.842. The second-order valence-electron chi connectivity index (χ2n) is 6.60. The maximum absolute atomic E-state index is 12.6. The Kier molecular flexibility index (Phi) is 6.55. The Morgan fingerprint density at radius 1 is 1.23 bits per heavy atom. The third kappa shape index (κ3) is 4.50. The first-order valence-corrected chi connectivity index (χ1v) is 8.86. The topological polar surface area (TPSA) is 73.2 Å². The SMILES string of the molecule is CC[C@@H](C)[C@H](C(=O)OCC(=O)Nc1c(C)nn(C)c1C)c1ccccc1. The van der Waals surface area contributed by atoms with Crippen LogP contribution in [0.1, 0.15) is 43.1 Å². The van der Waals surface area contributed by atoms with Gasteiger partial charge in [-0.25, -0.2) is 0 Å². The fourth-order valence-electron chi connectivity index (χ4n) is 2.95. The fourth-order valence-corrected chi connectivity index (χ4v) is 2.95. The van der Waals surface area contributed by atoms with Gasteiger partial charge in [-0.3, -0.25) is 14.3 Å². The molecule has 26 heavy (non-hydrogen) atoms. The molecule has 1 heterocycles. The molecule has 0 saturated heterocycles. The zero-order valence-electron chi connectivity index (χ0n) is 16.1. The summed E-state index contributed by atoms with van der Waals surface area (Å²) in [5.74, 6) is -1.000. The number of benzene rings is 1. The predicted molar refractivity (Wildman–Crippen MR) is 101 cm³/mol. The molecule has 6 heteroatoms. The molecule has 6 nitrogen and oxygen atoms in total. The molecule has 0 saturated carbocycles. The van der Waals surface area contributed by atoms with Gasteiger partial charge in [-0.05, 0) is 25.3 Å². The van der Waals surface area contributed by atoms with E-state index in [4.69, 9.17) is 4.74 Å². The number of anilines is 1. The molecule has 2 aromatic rings. The first-order valence-electron chi connectivity index (χ1n) is 8.86. The lowest BCUT2D eigenvalue weighted by Gasteiger charge is -2.21. The highest BCUT2D eigenvalue weighted by atomic mass is 16.5. The number of nitrogens with zero attached hydrogens (tertiary/aromatic N) is 2. The summed E-state index contributed by atoms with van der Waals surface area (Å²) in [7, 11) is 1.81. The first kappa shape index (κ1) is 19.7. The van der Waals surface area contributed by atoms with Crippen LogP contribution in [-0.2, 0) is 21.4 Å². The molecular formula is C20H27N3O3. The minimum Gasteiger partial charge on any atom is -0.455 e. The number of amides is 1. The largest absolute Gasteiger partial charge is 0.455 e. The third-order valence-electron chi connectivity index (χ3n) is 4.74. The molecule has 0 aliphatic heterocycles. The van der Waals surface area contributed by atoms with E-state index < -0.39 is 0 Å². The van der Waals surface area contributed by atoms with Crippen molar-refractivity contribution in [2.45, 2.75) is 40.0 Å². The Labute approximate surface area is 154 Å². The van der Waals surface area contributed by atoms with Gasteiger partial charge in [0.2, 0.25) is 0 Å². The number of esters is 1. The molecule has 1 aromatic carbocycles. The lowest BCUT2D eigenvalue weighted by Crippen LogP contribution is -2.27. The van der Waals surface area contributed by atoms with Gasteiger partial charge < -0.3 is 10.1 Å². The first-order chi connectivity index (χ1) is 12.3. The molecule has 1 amide bonds. The molecule has 0 fully saturated rings. The molecule has 0 aliphatic carbocycles. The smallest absolute Gasteiger partial charge is 0.314 e. The Morgan fingerprint density at radius 3 is 2.42 bits per heavy atom. The summed E-state index contributed by atoms with van der Waals surface area (Å²) in [5.41, 5.74) is 3.15. The molecule has 2 atom stereocenters. The number of ether oxygens (including phenoxy) is 1. The van der Waals surface area contributed by atoms with Crippen LogP contribution in [-0.4, -0.2) is 28.3 Å². The van der Waals surface area contributed by atoms with Gasteiger partial charge in [-0.15, -0.1) is 0 Å². The van der Waals surface area contributed by atoms with Crippen molar-refractivity contribution in [1.29, 1.82) is 0 Å². The number of hydrogen-bond acceptors (Lipinski definition) is 4. The summed E-state index contributed by atoms with van der Waals surface area (Å²) in [5, 5.41) is 7.03. The van der Waals surface area contributed by atoms with Crippen LogP contribution in [0.15, 0.2) is 30.3 Å². The molecule has 2 rings (SSSR count). The standard InChI is InChI=1S/C20H27N3O3/c1-6-13(2)18(16-10-8-7-9-11-16)20(25)26-12-17(24)21-19-14(3)22-23(5)15(19)4/h7-11,13,18H,6,12H2,1-5H3,(H,21,24)/t13-,18+/m1/s1. The maximum atomic E-state index is 12.6. The number of rotatable bonds is 7. The fraction of sp³-hybridized carbons (Fsp3) is 0.450. The van der Waals surface area contributed by atoms with Crippen molar-refractivity contribution in [1.82, 2.24) is 9.78 Å². The van der Waals surface area contributed by atoms with Crippen LogP contribution in [0.4, 0.5) is 5.69 Å². The van der Waals surface area contributed by atoms with E-state index in [-0.39, 0.29) is 30.3 Å². The summed E-state index contributed by atoms with van der Waals surface area (Å²) in [6, 6.07) is 9.55. The summed E-state index contributed by atoms with van der Waals surface area (Å²) in [6.45, 7) is 7.43. The zero-order valence-corrected chi connectivity index (χ0v) is 16.1. The molecule has 140 valence electrons. The predicted octanol–water partition coefficient (Wildman–Crippen LogP) is 3.35. The van der Waals surface area contributed by atoms with Crippen LogP contribution in [0.5, 0.6) is 0 Å². The lowest BCUT2D eigenvalue weighted by molar-refractivity contribution is -0.150. The van der Waals surface area contributed by atoms with Gasteiger partial charge in [0.1, 0.15) is 0 Å². The molecule has 1 N–H and O–H groups in total. The van der Waals surface area contributed by atoms with Crippen LogP contribution in [0.3, 0.4) is 0 Å². The third-order valence-corrected chi connectivity index (χ3v) is 4.74. The van der Waals surface area contributed by atoms with Gasteiger partial charge in [0, 0.05) is 7.05 Å². The maximum Gasteiger partial charge on any atom is 0.314 e. The molecule has 0 aliphatic rings. The Balaban J connectivity index is 2.02. The van der Waals surface area contributed by atoms with E-state index in [2.05, 4.69) is 10.4 Å². The minimum absolute atomic E-state index is 0.121. The van der Waals surface area contributed by atoms with E-state index in [9.17, 15) is 9.59 Å². The van der Waals surface area contributed by atoms with Crippen LogP contribution in [0, 0.1) is 19.8 Å². The Morgan fingerprint density at radius 2 is 1.88 bits per heavy atom. The summed E-state index contributed by atoms with van der Waals surface area (Å²) in [4.78, 5) is 24.8. The number of hydrogen-bond donors (Lipinski definition) is 1. The van der Waals surface area contributed by atoms with Gasteiger partial charge in [0.15, 0.2) is 6.61 Å². The number of carbonyl (C=O) groups excluding carboxylic acids is 2. The van der Waals surface area contributed by atoms with E-state index in [0.717, 1.165) is 23.4 Å². The van der Waals surface area contributed by atoms with Crippen molar-refractivity contribution in [3.8, 4) is 0 Å². The monoisotopic (exact) mass is 357 g/mol. The van der Waals surface area contributed by atoms with E-state index in [1.807, 2.05) is 65.1 Å². The van der Waals surface area contributed by atoms with Crippen molar-refractivity contribution in [2.24, 2.45) is 13.0 Å². The summed E-state index contributed by atoms with van der Waals surface area (Å²) >= 11 is 0. The van der Waals surface area contributed by atoms with Crippen molar-refractivity contribution < 1.29 is 14.3 Å². The summed E-state index contributed by atoms with van der Waals surface area (Å²) < 4.78 is 7.02. The van der Waals surface area contributed by atoms with Gasteiger partial charge in [0.25, 0.3) is 5.91 Å². The molecule has 0 spiro atoms. The van der Waals surface area contributed by atoms with Gasteiger partial charge in [-0.2, -0.15) is 5.10 Å². The molecule has 1 aromatic heterocycles. The highest BCUT2D eigenvalue weighted by Crippen LogP contribution is 2.28. The number of nitrogens with one attached hydrogen (secondary N) is 1. The number of aryl methyl sites for hydroxylation is 2. The van der Waals surface area contributed by atoms with Crippen molar-refractivity contribution in [2.75, 3.05) is 11.9 Å². The van der Waals surface area contributed by atoms with Crippen molar-refractivity contribution in [3.05, 3.63) is 47.3 Å². The molecule has 0 bridgehead atoms. The highest BCUT2D eigenvalue weighted by molar-refractivity contribution is 5.94. The van der Waals surface area contributed by atoms with E-state index in [0.29, 0.717) is 5.69 Å². The van der Waals surface area contributed by atoms with Crippen molar-refractivity contribution in [3.63, 3.8) is 0 Å². The second kappa shape index (κ2) is 8.65. The number of aromatic nitrogens is 2. The van der Waals surface area contributed by atoms with Crippen LogP contribution < -0.4 is 5.32 Å². The van der Waals surface area contributed by atoms with Crippen LogP contribution in [0.25, 0.3) is 0 Å². The van der Waals surface area contributed by atoms with Crippen LogP contribution in [0.2, 0.25) is 0 Å². The Bertz CT molecular complexity index is 768. The number of carbonyl (C=O) groups is 2. The average molecular weight is 357 g/mol. The van der Waals surface area contributed by atoms with E-state index >= 15 is 0 Å². The zero-order chi connectivity index (χ0) is 19.3. The highest BCUT2D eigenvalue weighted by Gasteiger charge is 2.28. The van der Waals surface area contributed by atoms with Gasteiger partial charge >= 0.3 is 5.97 Å². The normalized spacial score (nSPS) is 13.1. The molecule has 0 unspecified atom stereocenters. The van der Waals surface area contributed by atoms with E-state index in [1.54, 1.807) is 4.68 Å². The quantitative estimate of drug-likeness (QED) is 0.771. The van der Waals surface area contributed by atoms with Crippen molar-refractivity contribution >= 4 is 17.6 Å². The van der Waals surface area contributed by atoms with Gasteiger partial charge in [-0.1, -0.05) is 50.6 Å². The second-order valence-corrected chi connectivity index (χ2v) is 6.60.